The summed E-state index contributed by atoms with van der Waals surface area (Å²) >= 11 is 0. The summed E-state index contributed by atoms with van der Waals surface area (Å²) in [6, 6.07) is 80.9. The smallest absolute Gasteiger partial charge is 0.668 e. The molecule has 6 heteroatoms. The topological polar surface area (TPSA) is 34.7 Å². The first-order valence-electron chi connectivity index (χ1n) is 20.5. The van der Waals surface area contributed by atoms with Gasteiger partial charge in [0, 0.05) is 45.2 Å². The number of fused-ring (bicyclic) bond motifs is 4. The van der Waals surface area contributed by atoms with Crippen molar-refractivity contribution in [1.82, 2.24) is 4.57 Å². The van der Waals surface area contributed by atoms with Gasteiger partial charge in [-0.2, -0.15) is 12.1 Å². The average Bonchev–Trinajstić information content (AvgIpc) is 3.87. The van der Waals surface area contributed by atoms with Gasteiger partial charge in [0.2, 0.25) is 0 Å². The van der Waals surface area contributed by atoms with Crippen molar-refractivity contribution in [3.05, 3.63) is 236 Å². The van der Waals surface area contributed by atoms with Crippen molar-refractivity contribution in [3.8, 4) is 44.9 Å². The predicted molar refractivity (Wildman–Crippen MR) is 251 cm³/mol. The van der Waals surface area contributed by atoms with E-state index < -0.39 is 0 Å². The fourth-order valence-electron chi connectivity index (χ4n) is 8.44. The van der Waals surface area contributed by atoms with Crippen LogP contribution in [-0.4, -0.2) is 4.57 Å². The first-order valence-corrected chi connectivity index (χ1v) is 20.5. The van der Waals surface area contributed by atoms with Crippen molar-refractivity contribution >= 4 is 50.2 Å². The van der Waals surface area contributed by atoms with Gasteiger partial charge in [-0.1, -0.05) is 176 Å². The summed E-state index contributed by atoms with van der Waals surface area (Å²) in [4.78, 5) is 4.50. The van der Waals surface area contributed by atoms with Crippen molar-refractivity contribution < 1.29 is 25.8 Å². The molecule has 10 aromatic rings. The van der Waals surface area contributed by atoms with E-state index in [0.717, 1.165) is 72.5 Å². The summed E-state index contributed by atoms with van der Waals surface area (Å²) < 4.78 is 8.81. The third-order valence-electron chi connectivity index (χ3n) is 11.3. The zero-order chi connectivity index (χ0) is 40.5. The molecular weight excluding hydrogens is 940 g/mol. The minimum Gasteiger partial charge on any atom is -0.668 e. The normalized spacial score (nSPS) is 12.0. The van der Waals surface area contributed by atoms with E-state index in [1.807, 2.05) is 24.3 Å². The maximum atomic E-state index is 6.60. The van der Waals surface area contributed by atoms with Crippen LogP contribution >= 0.6 is 0 Å². The number of ether oxygens (including phenoxy) is 1. The molecule has 2 heterocycles. The third kappa shape index (κ3) is 7.31. The summed E-state index contributed by atoms with van der Waals surface area (Å²) in [5.74, 6) is 1.20. The van der Waals surface area contributed by atoms with Crippen molar-refractivity contribution in [2.24, 2.45) is 0 Å². The van der Waals surface area contributed by atoms with Crippen LogP contribution in [0.15, 0.2) is 212 Å². The summed E-state index contributed by atoms with van der Waals surface area (Å²) in [6.07, 6.45) is 0. The van der Waals surface area contributed by atoms with Gasteiger partial charge in [0.25, 0.3) is 0 Å². The van der Waals surface area contributed by atoms with Gasteiger partial charge in [0.15, 0.2) is 0 Å². The maximum absolute atomic E-state index is 6.60. The molecule has 0 aliphatic carbocycles. The van der Waals surface area contributed by atoms with Gasteiger partial charge in [0.05, 0.1) is 0 Å². The van der Waals surface area contributed by atoms with Crippen LogP contribution in [0.5, 0.6) is 11.5 Å². The predicted octanol–water partition coefficient (Wildman–Crippen LogP) is 15.3. The molecule has 0 saturated carbocycles. The van der Waals surface area contributed by atoms with Crippen LogP contribution in [-0.2, 0) is 27.7 Å². The molecule has 0 amide bonds. The number of anilines is 4. The van der Waals surface area contributed by atoms with Gasteiger partial charge in [-0.15, -0.1) is 53.8 Å². The zero-order valence-corrected chi connectivity index (χ0v) is 35.8. The molecule has 0 unspecified atom stereocenters. The van der Waals surface area contributed by atoms with Crippen molar-refractivity contribution in [2.45, 2.75) is 6.67 Å². The van der Waals surface area contributed by atoms with Crippen LogP contribution < -0.4 is 14.5 Å². The van der Waals surface area contributed by atoms with E-state index >= 15 is 0 Å². The van der Waals surface area contributed by atoms with E-state index in [1.165, 1.54) is 11.1 Å². The van der Waals surface area contributed by atoms with Crippen LogP contribution in [0.2, 0.25) is 0 Å². The molecule has 11 rings (SSSR count). The Balaban J connectivity index is 0.00000458. The summed E-state index contributed by atoms with van der Waals surface area (Å²) in [5, 5.41) is 7.28. The fourth-order valence-corrected chi connectivity index (χ4v) is 8.44. The Bertz CT molecular complexity index is 3090. The third-order valence-corrected chi connectivity index (χ3v) is 11.3. The van der Waals surface area contributed by atoms with Gasteiger partial charge >= 0.3 is 21.1 Å². The van der Waals surface area contributed by atoms with Gasteiger partial charge in [0.1, 0.15) is 0 Å². The van der Waals surface area contributed by atoms with Gasteiger partial charge < -0.3 is 24.4 Å². The largest absolute Gasteiger partial charge is 4.00 e. The minimum absolute atomic E-state index is 0. The Kier molecular flexibility index (Phi) is 10.6. The van der Waals surface area contributed by atoms with Crippen LogP contribution in [0.4, 0.5) is 28.4 Å². The summed E-state index contributed by atoms with van der Waals surface area (Å²) in [5.41, 5.74) is 14.0. The minimum atomic E-state index is 0. The van der Waals surface area contributed by atoms with Crippen LogP contribution in [0.25, 0.3) is 60.5 Å². The van der Waals surface area contributed by atoms with Crippen LogP contribution in [0.3, 0.4) is 0 Å². The molecule has 298 valence electrons. The standard InChI is InChI=1S/C56H38N4O.Pt/c1-4-16-40(17-5-1)41-30-32-44(33-31-41)57-38-58-52-27-11-10-24-50(52)51-35-34-47(37-55(51)58)61-46-23-14-22-45(36-46)59-39-60(54-29-13-12-28-53(54)59)56-48(42-18-6-2-7-19-42)25-15-26-49(56)43-20-8-3-9-21-43;/h1-35,39H,38H2;/q-4;+4. The maximum Gasteiger partial charge on any atom is 4.00 e. The molecular formula is C56H38N4OPt. The Morgan fingerprint density at radius 3 is 1.71 bits per heavy atom. The molecule has 0 saturated heterocycles. The number of hydrogen-bond donors (Lipinski definition) is 0. The number of aromatic nitrogens is 1. The molecule has 1 aliphatic heterocycles. The fraction of sp³-hybridized carbons (Fsp3) is 0.0179. The van der Waals surface area contributed by atoms with E-state index in [2.05, 4.69) is 221 Å². The van der Waals surface area contributed by atoms with Crippen LogP contribution in [0, 0.1) is 18.8 Å². The van der Waals surface area contributed by atoms with E-state index in [0.29, 0.717) is 18.2 Å². The number of rotatable bonds is 10. The molecule has 5 nitrogen and oxygen atoms in total. The monoisotopic (exact) mass is 977 g/mol. The number of hydrogen-bond acceptors (Lipinski definition) is 3. The molecule has 0 atom stereocenters. The molecule has 1 aliphatic rings. The van der Waals surface area contributed by atoms with Gasteiger partial charge in [-0.25, -0.2) is 0 Å². The SMILES string of the molecule is [Pt+4].[c-]1c(Oc2[c-]c3c(cc2)c2ccccc2n3C[N-]c2ccc(-c3ccccc3)cc2)cccc1N1[CH-]N(c2c(-c3ccccc3)cccc2-c2ccccc2)c2ccccc21. The average molecular weight is 978 g/mol. The summed E-state index contributed by atoms with van der Waals surface area (Å²) in [6.45, 7) is 2.61. The van der Waals surface area contributed by atoms with Crippen LogP contribution in [0.1, 0.15) is 0 Å². The molecule has 0 spiro atoms. The number of nitrogens with zero attached hydrogens (tertiary/aromatic N) is 4. The molecule has 0 N–H and O–H groups in total. The number of para-hydroxylation sites is 4. The first-order chi connectivity index (χ1) is 30.2. The molecule has 1 aromatic heterocycles. The van der Waals surface area contributed by atoms with E-state index in [4.69, 9.17) is 10.1 Å². The van der Waals surface area contributed by atoms with Gasteiger partial charge in [-0.05, 0) is 45.8 Å². The van der Waals surface area contributed by atoms with Gasteiger partial charge in [-0.3, -0.25) is 0 Å². The zero-order valence-electron chi connectivity index (χ0n) is 33.5. The Morgan fingerprint density at radius 1 is 0.452 bits per heavy atom. The molecule has 0 bridgehead atoms. The quantitative estimate of drug-likeness (QED) is 0.128. The second-order valence-electron chi connectivity index (χ2n) is 15.0. The second kappa shape index (κ2) is 17.0. The van der Waals surface area contributed by atoms with E-state index in [9.17, 15) is 0 Å². The van der Waals surface area contributed by atoms with Crippen molar-refractivity contribution in [2.75, 3.05) is 9.80 Å². The van der Waals surface area contributed by atoms with E-state index in [-0.39, 0.29) is 21.1 Å². The van der Waals surface area contributed by atoms with Crippen molar-refractivity contribution in [3.63, 3.8) is 0 Å². The molecule has 0 fully saturated rings. The Morgan fingerprint density at radius 2 is 1.02 bits per heavy atom. The van der Waals surface area contributed by atoms with Crippen molar-refractivity contribution in [1.29, 1.82) is 0 Å². The second-order valence-corrected chi connectivity index (χ2v) is 15.0. The molecule has 0 radical (unpaired) electrons. The summed E-state index contributed by atoms with van der Waals surface area (Å²) in [7, 11) is 0. The Hall–Kier alpha value is -7.33. The first kappa shape index (κ1) is 38.8. The Labute approximate surface area is 376 Å². The number of benzene rings is 9. The molecule has 62 heavy (non-hydrogen) atoms. The molecule has 9 aromatic carbocycles. The van der Waals surface area contributed by atoms with E-state index in [1.54, 1.807) is 0 Å².